The first kappa shape index (κ1) is 28.2. The number of hydrogen-bond donors (Lipinski definition) is 1. The van der Waals surface area contributed by atoms with Crippen molar-refractivity contribution >= 4 is 18.1 Å². The van der Waals surface area contributed by atoms with Crippen LogP contribution in [-0.4, -0.2) is 53.2 Å². The van der Waals surface area contributed by atoms with Gasteiger partial charge in [-0.15, -0.1) is 0 Å². The predicted octanol–water partition coefficient (Wildman–Crippen LogP) is 5.41. The molecule has 0 aromatic heterocycles. The molecule has 4 rings (SSSR count). The highest BCUT2D eigenvalue weighted by Crippen LogP contribution is 2.42. The second kappa shape index (κ2) is 11.5. The lowest BCUT2D eigenvalue weighted by Gasteiger charge is -2.37. The number of nitrogens with one attached hydrogen (secondary N) is 1. The number of carbonyl (C=O) groups is 3. The van der Waals surface area contributed by atoms with Crippen molar-refractivity contribution in [3.63, 3.8) is 0 Å². The van der Waals surface area contributed by atoms with E-state index < -0.39 is 53.6 Å². The van der Waals surface area contributed by atoms with Crippen LogP contribution in [0.5, 0.6) is 0 Å². The number of allylic oxidation sites excluding steroid dienone is 1. The van der Waals surface area contributed by atoms with Gasteiger partial charge in [-0.3, -0.25) is 4.90 Å². The van der Waals surface area contributed by atoms with Crippen LogP contribution in [0.1, 0.15) is 49.9 Å². The first-order valence-electron chi connectivity index (χ1n) is 12.6. The zero-order chi connectivity index (χ0) is 28.3. The molecule has 0 aliphatic carbocycles. The third-order valence-corrected chi connectivity index (χ3v) is 6.51. The van der Waals surface area contributed by atoms with Crippen LogP contribution in [0.15, 0.2) is 65.9 Å². The van der Waals surface area contributed by atoms with Crippen LogP contribution in [0, 0.1) is 0 Å². The minimum Gasteiger partial charge on any atom is -0.459 e. The molecule has 2 aromatic carbocycles. The molecule has 8 nitrogen and oxygen atoms in total. The first-order valence-corrected chi connectivity index (χ1v) is 12.6. The Hall–Kier alpha value is -3.86. The second-order valence-corrected chi connectivity index (χ2v) is 9.80. The standard InChI is InChI=1S/C28H30F3N3O5/c1-17(2)38-25(35)23-18(3)32-26(36)34(24(23)21-11-7-8-12-22(21)28(29,30)31)27(37)39-20-13-14-33(16-20)15-19-9-5-4-6-10-19/h4-12,17,20,24H,13-16H2,1-3H3,(H,32,36)/t20-,24?/m1/s1. The Kier molecular flexibility index (Phi) is 8.29. The summed E-state index contributed by atoms with van der Waals surface area (Å²) >= 11 is 0. The quantitative estimate of drug-likeness (QED) is 0.489. The molecule has 2 heterocycles. The van der Waals surface area contributed by atoms with E-state index >= 15 is 0 Å². The molecule has 0 saturated carbocycles. The zero-order valence-electron chi connectivity index (χ0n) is 21.8. The fourth-order valence-corrected chi connectivity index (χ4v) is 4.84. The summed E-state index contributed by atoms with van der Waals surface area (Å²) in [5.41, 5.74) is -0.734. The van der Waals surface area contributed by atoms with Gasteiger partial charge in [-0.1, -0.05) is 48.5 Å². The van der Waals surface area contributed by atoms with Crippen LogP contribution in [-0.2, 0) is 27.0 Å². The van der Waals surface area contributed by atoms with Gasteiger partial charge in [0.15, 0.2) is 0 Å². The molecule has 2 aliphatic heterocycles. The zero-order valence-corrected chi connectivity index (χ0v) is 21.8. The SMILES string of the molecule is CC1=C(C(=O)OC(C)C)C(c2ccccc2C(F)(F)F)N(C(=O)O[C@@H]2CCN(Cc3ccccc3)C2)C(=O)N1. The van der Waals surface area contributed by atoms with Crippen LogP contribution >= 0.6 is 0 Å². The highest BCUT2D eigenvalue weighted by Gasteiger charge is 2.47. The van der Waals surface area contributed by atoms with Crippen molar-refractivity contribution in [2.24, 2.45) is 0 Å². The van der Waals surface area contributed by atoms with Gasteiger partial charge in [0, 0.05) is 25.3 Å². The largest absolute Gasteiger partial charge is 0.459 e. The van der Waals surface area contributed by atoms with Crippen LogP contribution in [0.4, 0.5) is 22.8 Å². The van der Waals surface area contributed by atoms with E-state index in [9.17, 15) is 27.6 Å². The predicted molar refractivity (Wildman–Crippen MR) is 135 cm³/mol. The Morgan fingerprint density at radius 2 is 1.74 bits per heavy atom. The molecule has 11 heteroatoms. The van der Waals surface area contributed by atoms with E-state index in [4.69, 9.17) is 9.47 Å². The number of amides is 3. The first-order chi connectivity index (χ1) is 18.5. The monoisotopic (exact) mass is 545 g/mol. The number of rotatable bonds is 6. The second-order valence-electron chi connectivity index (χ2n) is 9.80. The number of ether oxygens (including phenoxy) is 2. The summed E-state index contributed by atoms with van der Waals surface area (Å²) in [6, 6.07) is 11.5. The van der Waals surface area contributed by atoms with Gasteiger partial charge >= 0.3 is 24.3 Å². The summed E-state index contributed by atoms with van der Waals surface area (Å²) in [6.07, 6.45) is -6.67. The number of imide groups is 1. The van der Waals surface area contributed by atoms with Crippen molar-refractivity contribution in [1.29, 1.82) is 0 Å². The number of benzene rings is 2. The minimum absolute atomic E-state index is 0.00780. The fourth-order valence-electron chi connectivity index (χ4n) is 4.84. The maximum atomic E-state index is 14.0. The Balaban J connectivity index is 1.65. The van der Waals surface area contributed by atoms with Crippen LogP contribution in [0.25, 0.3) is 0 Å². The van der Waals surface area contributed by atoms with Crippen molar-refractivity contribution in [3.05, 3.63) is 82.6 Å². The third-order valence-electron chi connectivity index (χ3n) is 6.51. The van der Waals surface area contributed by atoms with Crippen molar-refractivity contribution in [2.75, 3.05) is 13.1 Å². The van der Waals surface area contributed by atoms with E-state index in [0.29, 0.717) is 31.0 Å². The summed E-state index contributed by atoms with van der Waals surface area (Å²) in [4.78, 5) is 42.3. The summed E-state index contributed by atoms with van der Waals surface area (Å²) in [5, 5.41) is 2.41. The molecule has 39 heavy (non-hydrogen) atoms. The Morgan fingerprint density at radius 3 is 2.41 bits per heavy atom. The maximum Gasteiger partial charge on any atom is 0.419 e. The Labute approximate surface area is 224 Å². The lowest BCUT2D eigenvalue weighted by atomic mass is 9.90. The van der Waals surface area contributed by atoms with Gasteiger partial charge in [0.1, 0.15) is 12.1 Å². The van der Waals surface area contributed by atoms with Crippen molar-refractivity contribution in [1.82, 2.24) is 15.1 Å². The van der Waals surface area contributed by atoms with E-state index in [-0.39, 0.29) is 11.3 Å². The number of likely N-dealkylation sites (tertiary alicyclic amines) is 1. The van der Waals surface area contributed by atoms with Gasteiger partial charge in [-0.25, -0.2) is 19.3 Å². The molecule has 3 amide bonds. The number of alkyl halides is 3. The van der Waals surface area contributed by atoms with Crippen LogP contribution in [0.2, 0.25) is 0 Å². The molecule has 2 atom stereocenters. The molecule has 1 saturated heterocycles. The molecular formula is C28H30F3N3O5. The lowest BCUT2D eigenvalue weighted by molar-refractivity contribution is -0.144. The number of urea groups is 1. The Morgan fingerprint density at radius 1 is 1.08 bits per heavy atom. The molecule has 2 aliphatic rings. The van der Waals surface area contributed by atoms with Crippen LogP contribution in [0.3, 0.4) is 0 Å². The van der Waals surface area contributed by atoms with Gasteiger partial charge in [-0.2, -0.15) is 13.2 Å². The average Bonchev–Trinajstić information content (AvgIpc) is 3.29. The number of hydrogen-bond acceptors (Lipinski definition) is 6. The highest BCUT2D eigenvalue weighted by molar-refractivity contribution is 6.00. The maximum absolute atomic E-state index is 14.0. The van der Waals surface area contributed by atoms with E-state index in [1.807, 2.05) is 30.3 Å². The van der Waals surface area contributed by atoms with E-state index in [1.165, 1.54) is 19.1 Å². The minimum atomic E-state index is -4.82. The van der Waals surface area contributed by atoms with E-state index in [2.05, 4.69) is 10.2 Å². The number of carbonyl (C=O) groups excluding carboxylic acids is 3. The van der Waals surface area contributed by atoms with Crippen molar-refractivity contribution in [3.8, 4) is 0 Å². The van der Waals surface area contributed by atoms with Gasteiger partial charge in [0.25, 0.3) is 0 Å². The summed E-state index contributed by atoms with van der Waals surface area (Å²) in [6.45, 7) is 6.19. The molecule has 208 valence electrons. The van der Waals surface area contributed by atoms with E-state index in [0.717, 1.165) is 17.7 Å². The fraction of sp³-hybridized carbons (Fsp3) is 0.393. The van der Waals surface area contributed by atoms with Gasteiger partial charge in [-0.05, 0) is 44.4 Å². The van der Waals surface area contributed by atoms with Gasteiger partial charge in [0.05, 0.1) is 17.2 Å². The third kappa shape index (κ3) is 6.42. The summed E-state index contributed by atoms with van der Waals surface area (Å²) in [5.74, 6) is -0.947. The van der Waals surface area contributed by atoms with Crippen molar-refractivity contribution in [2.45, 2.75) is 58.2 Å². The van der Waals surface area contributed by atoms with Gasteiger partial charge < -0.3 is 14.8 Å². The van der Waals surface area contributed by atoms with E-state index in [1.54, 1.807) is 13.8 Å². The number of nitrogens with zero attached hydrogens (tertiary/aromatic N) is 2. The van der Waals surface area contributed by atoms with Gasteiger partial charge in [0.2, 0.25) is 0 Å². The van der Waals surface area contributed by atoms with Crippen molar-refractivity contribution < 1.29 is 37.0 Å². The number of esters is 1. The molecule has 1 N–H and O–H groups in total. The molecule has 0 bridgehead atoms. The Bertz CT molecular complexity index is 1260. The molecular weight excluding hydrogens is 515 g/mol. The molecule has 0 radical (unpaired) electrons. The highest BCUT2D eigenvalue weighted by atomic mass is 19.4. The topological polar surface area (TPSA) is 88.2 Å². The molecule has 0 spiro atoms. The molecule has 2 aromatic rings. The van der Waals surface area contributed by atoms with Crippen LogP contribution < -0.4 is 5.32 Å². The number of halogens is 3. The lowest BCUT2D eigenvalue weighted by Crippen LogP contribution is -2.52. The molecule has 1 fully saturated rings. The summed E-state index contributed by atoms with van der Waals surface area (Å²) < 4.78 is 53.1. The average molecular weight is 546 g/mol. The molecule has 1 unspecified atom stereocenters. The summed E-state index contributed by atoms with van der Waals surface area (Å²) in [7, 11) is 0. The normalized spacial score (nSPS) is 20.3. The smallest absolute Gasteiger partial charge is 0.419 e.